The van der Waals surface area contributed by atoms with Crippen LogP contribution >= 0.6 is 34.2 Å². The maximum Gasteiger partial charge on any atom is 0.0851 e. The first-order chi connectivity index (χ1) is 9.27. The van der Waals surface area contributed by atoms with Gasteiger partial charge in [0.25, 0.3) is 0 Å². The van der Waals surface area contributed by atoms with Gasteiger partial charge in [-0.15, -0.1) is 11.6 Å². The van der Waals surface area contributed by atoms with Gasteiger partial charge in [0.2, 0.25) is 0 Å². The zero-order valence-electron chi connectivity index (χ0n) is 10.2. The van der Waals surface area contributed by atoms with Crippen LogP contribution in [-0.2, 0) is 0 Å². The Hall–Kier alpha value is -1.06. The van der Waals surface area contributed by atoms with Gasteiger partial charge in [-0.25, -0.2) is 0 Å². The highest BCUT2D eigenvalue weighted by Gasteiger charge is 2.15. The molecule has 19 heavy (non-hydrogen) atoms. The van der Waals surface area contributed by atoms with E-state index < -0.39 is 0 Å². The van der Waals surface area contributed by atoms with Crippen molar-refractivity contribution in [3.63, 3.8) is 0 Å². The van der Waals surface area contributed by atoms with E-state index in [1.54, 1.807) is 0 Å². The highest BCUT2D eigenvalue weighted by atomic mass is 127. The van der Waals surface area contributed by atoms with Crippen molar-refractivity contribution in [2.45, 2.75) is 5.38 Å². The second-order valence-corrected chi connectivity index (χ2v) is 6.05. The van der Waals surface area contributed by atoms with Crippen LogP contribution in [-0.4, -0.2) is 0 Å². The molecule has 0 aliphatic heterocycles. The lowest BCUT2D eigenvalue weighted by molar-refractivity contribution is 1.14. The molecule has 3 aromatic carbocycles. The van der Waals surface area contributed by atoms with Crippen molar-refractivity contribution in [2.24, 2.45) is 0 Å². The van der Waals surface area contributed by atoms with Gasteiger partial charge in [-0.2, -0.15) is 0 Å². The van der Waals surface area contributed by atoms with E-state index in [-0.39, 0.29) is 5.38 Å². The number of alkyl halides is 1. The number of hydrogen-bond donors (Lipinski definition) is 0. The normalized spacial score (nSPS) is 12.5. The summed E-state index contributed by atoms with van der Waals surface area (Å²) in [5.41, 5.74) is 2.34. The van der Waals surface area contributed by atoms with Gasteiger partial charge in [0.05, 0.1) is 5.38 Å². The highest BCUT2D eigenvalue weighted by Crippen LogP contribution is 2.35. The largest absolute Gasteiger partial charge is 0.113 e. The quantitative estimate of drug-likeness (QED) is 0.392. The molecule has 3 aromatic rings. The van der Waals surface area contributed by atoms with Crippen LogP contribution < -0.4 is 0 Å². The number of benzene rings is 3. The predicted octanol–water partition coefficient (Wildman–Crippen LogP) is 5.77. The standard InChI is InChI=1S/C17H12ClI/c18-17(15-9-3-4-11-16(15)19)14-10-5-7-12-6-1-2-8-13(12)14/h1-11,17H. The fourth-order valence-corrected chi connectivity index (χ4v) is 3.58. The molecule has 0 radical (unpaired) electrons. The molecule has 1 atom stereocenters. The van der Waals surface area contributed by atoms with Crippen LogP contribution in [0.2, 0.25) is 0 Å². The van der Waals surface area contributed by atoms with Crippen LogP contribution in [0.5, 0.6) is 0 Å². The lowest BCUT2D eigenvalue weighted by Crippen LogP contribution is -1.97. The summed E-state index contributed by atoms with van der Waals surface area (Å²) in [7, 11) is 0. The van der Waals surface area contributed by atoms with Crippen LogP contribution in [0.15, 0.2) is 66.7 Å². The summed E-state index contributed by atoms with van der Waals surface area (Å²) in [5, 5.41) is 2.35. The van der Waals surface area contributed by atoms with Crippen LogP contribution in [0.1, 0.15) is 16.5 Å². The molecule has 0 N–H and O–H groups in total. The minimum absolute atomic E-state index is 0.112. The topological polar surface area (TPSA) is 0 Å². The summed E-state index contributed by atoms with van der Waals surface area (Å²) in [4.78, 5) is 0. The minimum atomic E-state index is -0.112. The van der Waals surface area contributed by atoms with Crippen molar-refractivity contribution >= 4 is 45.0 Å². The van der Waals surface area contributed by atoms with E-state index in [4.69, 9.17) is 11.6 Å². The summed E-state index contributed by atoms with van der Waals surface area (Å²) in [6, 6.07) is 23.0. The van der Waals surface area contributed by atoms with Crippen LogP contribution in [0.4, 0.5) is 0 Å². The van der Waals surface area contributed by atoms with Gasteiger partial charge in [0, 0.05) is 3.57 Å². The van der Waals surface area contributed by atoms with Crippen LogP contribution in [0.25, 0.3) is 10.8 Å². The number of halogens is 2. The predicted molar refractivity (Wildman–Crippen MR) is 90.8 cm³/mol. The maximum absolute atomic E-state index is 6.71. The Bertz CT molecular complexity index is 716. The van der Waals surface area contributed by atoms with E-state index in [1.165, 1.54) is 25.5 Å². The third kappa shape index (κ3) is 2.49. The average molecular weight is 379 g/mol. The summed E-state index contributed by atoms with van der Waals surface area (Å²) in [6.07, 6.45) is 0. The zero-order valence-corrected chi connectivity index (χ0v) is 13.1. The molecular formula is C17H12ClI. The molecule has 0 saturated heterocycles. The van der Waals surface area contributed by atoms with Crippen molar-refractivity contribution in [1.29, 1.82) is 0 Å². The van der Waals surface area contributed by atoms with Crippen LogP contribution in [0.3, 0.4) is 0 Å². The summed E-state index contributed by atoms with van der Waals surface area (Å²) < 4.78 is 1.20. The molecule has 0 aliphatic rings. The first-order valence-electron chi connectivity index (χ1n) is 6.13. The number of fused-ring (bicyclic) bond motifs is 1. The Kier molecular flexibility index (Phi) is 3.76. The molecule has 1 unspecified atom stereocenters. The highest BCUT2D eigenvalue weighted by molar-refractivity contribution is 14.1. The molecule has 0 nitrogen and oxygen atoms in total. The Morgan fingerprint density at radius 2 is 1.37 bits per heavy atom. The third-order valence-electron chi connectivity index (χ3n) is 3.27. The Morgan fingerprint density at radius 1 is 0.737 bits per heavy atom. The fourth-order valence-electron chi connectivity index (χ4n) is 2.32. The molecule has 3 rings (SSSR count). The summed E-state index contributed by atoms with van der Waals surface area (Å²) in [6.45, 7) is 0. The van der Waals surface area contributed by atoms with Crippen molar-refractivity contribution in [1.82, 2.24) is 0 Å². The molecule has 0 amide bonds. The average Bonchev–Trinajstić information content (AvgIpc) is 2.46. The number of rotatable bonds is 2. The monoisotopic (exact) mass is 378 g/mol. The Labute approximate surface area is 131 Å². The molecule has 0 fully saturated rings. The van der Waals surface area contributed by atoms with Gasteiger partial charge >= 0.3 is 0 Å². The Balaban J connectivity index is 2.17. The number of hydrogen-bond acceptors (Lipinski definition) is 0. The third-order valence-corrected chi connectivity index (χ3v) is 4.73. The smallest absolute Gasteiger partial charge is 0.0851 e. The fraction of sp³-hybridized carbons (Fsp3) is 0.0588. The van der Waals surface area contributed by atoms with Crippen molar-refractivity contribution in [3.8, 4) is 0 Å². The lowest BCUT2D eigenvalue weighted by atomic mass is 9.98. The minimum Gasteiger partial charge on any atom is -0.113 e. The van der Waals surface area contributed by atoms with E-state index >= 15 is 0 Å². The molecule has 94 valence electrons. The molecule has 0 aliphatic carbocycles. The van der Waals surface area contributed by atoms with Crippen molar-refractivity contribution < 1.29 is 0 Å². The van der Waals surface area contributed by atoms with E-state index in [0.29, 0.717) is 0 Å². The van der Waals surface area contributed by atoms with E-state index in [1.807, 2.05) is 12.1 Å². The molecule has 2 heteroatoms. The van der Waals surface area contributed by atoms with Gasteiger partial charge in [0.15, 0.2) is 0 Å². The van der Waals surface area contributed by atoms with Gasteiger partial charge in [-0.05, 0) is 50.6 Å². The molecule has 0 saturated carbocycles. The molecule has 0 heterocycles. The van der Waals surface area contributed by atoms with Gasteiger partial charge in [0.1, 0.15) is 0 Å². The van der Waals surface area contributed by atoms with Gasteiger partial charge < -0.3 is 0 Å². The molecule has 0 aromatic heterocycles. The van der Waals surface area contributed by atoms with Gasteiger partial charge in [-0.3, -0.25) is 0 Å². The van der Waals surface area contributed by atoms with Gasteiger partial charge in [-0.1, -0.05) is 60.7 Å². The SMILES string of the molecule is ClC(c1ccccc1I)c1cccc2ccccc12. The van der Waals surface area contributed by atoms with E-state index in [0.717, 1.165) is 0 Å². The second-order valence-electron chi connectivity index (χ2n) is 4.45. The first-order valence-corrected chi connectivity index (χ1v) is 7.65. The maximum atomic E-state index is 6.71. The lowest BCUT2D eigenvalue weighted by Gasteiger charge is -2.14. The van der Waals surface area contributed by atoms with E-state index in [2.05, 4.69) is 77.2 Å². The van der Waals surface area contributed by atoms with Crippen molar-refractivity contribution in [2.75, 3.05) is 0 Å². The van der Waals surface area contributed by atoms with Crippen LogP contribution in [0, 0.1) is 3.57 Å². The Morgan fingerprint density at radius 3 is 2.21 bits per heavy atom. The van der Waals surface area contributed by atoms with E-state index in [9.17, 15) is 0 Å². The molecule has 0 spiro atoms. The molecular weight excluding hydrogens is 367 g/mol. The molecule has 0 bridgehead atoms. The first kappa shape index (κ1) is 12.9. The summed E-state index contributed by atoms with van der Waals surface area (Å²) in [5.74, 6) is 0. The summed E-state index contributed by atoms with van der Waals surface area (Å²) >= 11 is 9.05. The second kappa shape index (κ2) is 5.51. The van der Waals surface area contributed by atoms with Crippen molar-refractivity contribution in [3.05, 3.63) is 81.4 Å². The zero-order chi connectivity index (χ0) is 13.2.